The van der Waals surface area contributed by atoms with E-state index in [1.807, 2.05) is 19.9 Å². The molecule has 0 aliphatic heterocycles. The van der Waals surface area contributed by atoms with Crippen molar-refractivity contribution in [1.29, 1.82) is 0 Å². The monoisotopic (exact) mass is 294 g/mol. The van der Waals surface area contributed by atoms with Crippen molar-refractivity contribution in [2.24, 2.45) is 5.92 Å². The minimum Gasteiger partial charge on any atom is -0.347 e. The standard InChI is InChI=1S/C13H20N2O2.C4H10/c1-6-11(8-7-10(2)3)13(17)14-9-12(16)15(4)5;1-4(2)3/h6-8H,1,9H2,2-5H3,(H,14,17);4H,1-3H3/b11-8+;. The van der Waals surface area contributed by atoms with Crippen molar-refractivity contribution in [2.45, 2.75) is 34.6 Å². The fourth-order valence-electron chi connectivity index (χ4n) is 0.909. The summed E-state index contributed by atoms with van der Waals surface area (Å²) in [7, 11) is 3.28. The van der Waals surface area contributed by atoms with Gasteiger partial charge in [-0.3, -0.25) is 9.59 Å². The van der Waals surface area contributed by atoms with Crippen LogP contribution in [0.2, 0.25) is 0 Å². The molecule has 0 aromatic rings. The Bertz CT molecular complexity index is 398. The van der Waals surface area contributed by atoms with E-state index in [2.05, 4.69) is 32.7 Å². The minimum atomic E-state index is -0.298. The highest BCUT2D eigenvalue weighted by atomic mass is 16.2. The van der Waals surface area contributed by atoms with E-state index in [0.717, 1.165) is 11.5 Å². The lowest BCUT2D eigenvalue weighted by molar-refractivity contribution is -0.129. The molecule has 0 fully saturated rings. The van der Waals surface area contributed by atoms with Gasteiger partial charge in [-0.2, -0.15) is 0 Å². The van der Waals surface area contributed by atoms with Gasteiger partial charge in [-0.1, -0.05) is 45.1 Å². The van der Waals surface area contributed by atoms with E-state index in [9.17, 15) is 9.59 Å². The van der Waals surface area contributed by atoms with Crippen LogP contribution >= 0.6 is 0 Å². The molecule has 0 heterocycles. The quantitative estimate of drug-likeness (QED) is 0.626. The zero-order valence-electron chi connectivity index (χ0n) is 14.5. The smallest absolute Gasteiger partial charge is 0.251 e. The summed E-state index contributed by atoms with van der Waals surface area (Å²) in [6.07, 6.45) is 4.97. The highest BCUT2D eigenvalue weighted by Gasteiger charge is 2.08. The molecule has 4 nitrogen and oxygen atoms in total. The SMILES string of the molecule is C=C/C(=C\C=C(C)C)C(=O)NCC(=O)N(C)C.CC(C)C. The summed E-state index contributed by atoms with van der Waals surface area (Å²) in [5.74, 6) is 0.386. The van der Waals surface area contributed by atoms with Crippen LogP contribution in [0, 0.1) is 5.92 Å². The zero-order valence-corrected chi connectivity index (χ0v) is 14.5. The molecule has 4 heteroatoms. The molecular weight excluding hydrogens is 264 g/mol. The number of carbonyl (C=O) groups excluding carboxylic acids is 2. The van der Waals surface area contributed by atoms with E-state index >= 15 is 0 Å². The highest BCUT2D eigenvalue weighted by Crippen LogP contribution is 1.99. The number of carbonyl (C=O) groups is 2. The van der Waals surface area contributed by atoms with Crippen molar-refractivity contribution in [1.82, 2.24) is 10.2 Å². The summed E-state index contributed by atoms with van der Waals surface area (Å²) in [6, 6.07) is 0. The Morgan fingerprint density at radius 2 is 1.62 bits per heavy atom. The molecule has 2 amide bonds. The van der Waals surface area contributed by atoms with Crippen LogP contribution in [0.25, 0.3) is 0 Å². The Morgan fingerprint density at radius 3 is 1.95 bits per heavy atom. The molecule has 0 aliphatic rings. The molecule has 0 aliphatic carbocycles. The number of hydrogen-bond donors (Lipinski definition) is 1. The first-order valence-electron chi connectivity index (χ1n) is 7.07. The van der Waals surface area contributed by atoms with E-state index in [4.69, 9.17) is 0 Å². The number of amides is 2. The Hall–Kier alpha value is -1.84. The number of nitrogens with zero attached hydrogens (tertiary/aromatic N) is 1. The molecule has 0 unspecified atom stereocenters. The highest BCUT2D eigenvalue weighted by molar-refractivity contribution is 5.98. The molecule has 0 atom stereocenters. The van der Waals surface area contributed by atoms with E-state index in [-0.39, 0.29) is 18.4 Å². The van der Waals surface area contributed by atoms with Gasteiger partial charge in [0.25, 0.3) is 5.91 Å². The first kappa shape index (κ1) is 21.5. The van der Waals surface area contributed by atoms with Crippen LogP contribution in [0.5, 0.6) is 0 Å². The Kier molecular flexibility index (Phi) is 12.2. The number of hydrogen-bond acceptors (Lipinski definition) is 2. The van der Waals surface area contributed by atoms with Gasteiger partial charge in [0.2, 0.25) is 5.91 Å². The Balaban J connectivity index is 0. The third-order valence-corrected chi connectivity index (χ3v) is 1.98. The van der Waals surface area contributed by atoms with Crippen molar-refractivity contribution < 1.29 is 9.59 Å². The summed E-state index contributed by atoms with van der Waals surface area (Å²) in [5, 5.41) is 2.54. The normalized spacial score (nSPS) is 10.2. The van der Waals surface area contributed by atoms with Crippen molar-refractivity contribution in [3.63, 3.8) is 0 Å². The topological polar surface area (TPSA) is 49.4 Å². The Morgan fingerprint density at radius 1 is 1.14 bits per heavy atom. The van der Waals surface area contributed by atoms with Crippen LogP contribution in [-0.2, 0) is 9.59 Å². The molecule has 1 N–H and O–H groups in total. The van der Waals surface area contributed by atoms with Gasteiger partial charge in [0.15, 0.2) is 0 Å². The summed E-state index contributed by atoms with van der Waals surface area (Å²) in [4.78, 5) is 24.4. The average molecular weight is 294 g/mol. The lowest BCUT2D eigenvalue weighted by Gasteiger charge is -2.11. The molecule has 0 spiro atoms. The second kappa shape index (κ2) is 11.9. The predicted octanol–water partition coefficient (Wildman–Crippen LogP) is 2.93. The summed E-state index contributed by atoms with van der Waals surface area (Å²) in [6.45, 7) is 13.9. The summed E-state index contributed by atoms with van der Waals surface area (Å²) >= 11 is 0. The number of rotatable bonds is 5. The van der Waals surface area contributed by atoms with Crippen LogP contribution < -0.4 is 5.32 Å². The van der Waals surface area contributed by atoms with Crippen molar-refractivity contribution in [3.8, 4) is 0 Å². The fourth-order valence-corrected chi connectivity index (χ4v) is 0.909. The lowest BCUT2D eigenvalue weighted by atomic mass is 10.2. The fraction of sp³-hybridized carbons (Fsp3) is 0.529. The summed E-state index contributed by atoms with van der Waals surface area (Å²) < 4.78 is 0. The third kappa shape index (κ3) is 14.4. The molecule has 120 valence electrons. The van der Waals surface area contributed by atoms with Crippen LogP contribution in [-0.4, -0.2) is 37.4 Å². The third-order valence-electron chi connectivity index (χ3n) is 1.98. The number of nitrogens with one attached hydrogen (secondary N) is 1. The van der Waals surface area contributed by atoms with Crippen molar-refractivity contribution >= 4 is 11.8 Å². The molecule has 0 radical (unpaired) electrons. The molecule has 21 heavy (non-hydrogen) atoms. The molecule has 0 saturated heterocycles. The maximum atomic E-state index is 11.7. The zero-order chi connectivity index (χ0) is 17.0. The second-order valence-electron chi connectivity index (χ2n) is 5.77. The van der Waals surface area contributed by atoms with E-state index in [0.29, 0.717) is 5.57 Å². The van der Waals surface area contributed by atoms with Crippen molar-refractivity contribution in [2.75, 3.05) is 20.6 Å². The molecule has 0 aromatic heterocycles. The molecular formula is C17H30N2O2. The van der Waals surface area contributed by atoms with Crippen LogP contribution in [0.3, 0.4) is 0 Å². The van der Waals surface area contributed by atoms with E-state index < -0.39 is 0 Å². The van der Waals surface area contributed by atoms with Crippen molar-refractivity contribution in [3.05, 3.63) is 36.0 Å². The minimum absolute atomic E-state index is 0.00810. The largest absolute Gasteiger partial charge is 0.347 e. The average Bonchev–Trinajstić information content (AvgIpc) is 2.35. The van der Waals surface area contributed by atoms with E-state index in [1.54, 1.807) is 20.2 Å². The van der Waals surface area contributed by atoms with Crippen LogP contribution in [0.4, 0.5) is 0 Å². The number of likely N-dealkylation sites (N-methyl/N-ethyl adjacent to an activating group) is 1. The van der Waals surface area contributed by atoms with Gasteiger partial charge in [0.1, 0.15) is 0 Å². The van der Waals surface area contributed by atoms with E-state index in [1.165, 1.54) is 11.0 Å². The van der Waals surface area contributed by atoms with Gasteiger partial charge in [-0.25, -0.2) is 0 Å². The van der Waals surface area contributed by atoms with Gasteiger partial charge in [-0.05, 0) is 25.8 Å². The molecule has 0 aromatic carbocycles. The first-order chi connectivity index (χ1) is 9.61. The van der Waals surface area contributed by atoms with Gasteiger partial charge in [0.05, 0.1) is 6.54 Å². The summed E-state index contributed by atoms with van der Waals surface area (Å²) in [5.41, 5.74) is 1.53. The van der Waals surface area contributed by atoms with Crippen LogP contribution in [0.15, 0.2) is 36.0 Å². The lowest BCUT2D eigenvalue weighted by Crippen LogP contribution is -2.36. The van der Waals surface area contributed by atoms with Crippen LogP contribution in [0.1, 0.15) is 34.6 Å². The Labute approximate surface area is 129 Å². The van der Waals surface area contributed by atoms with Gasteiger partial charge in [0, 0.05) is 19.7 Å². The number of allylic oxidation sites excluding steroid dienone is 3. The molecule has 0 rings (SSSR count). The molecule has 0 saturated carbocycles. The van der Waals surface area contributed by atoms with Gasteiger partial charge < -0.3 is 10.2 Å². The maximum Gasteiger partial charge on any atom is 0.251 e. The first-order valence-corrected chi connectivity index (χ1v) is 7.07. The molecule has 0 bridgehead atoms. The predicted molar refractivity (Wildman–Crippen MR) is 89.9 cm³/mol. The van der Waals surface area contributed by atoms with Gasteiger partial charge in [-0.15, -0.1) is 0 Å². The van der Waals surface area contributed by atoms with Gasteiger partial charge >= 0.3 is 0 Å². The maximum absolute atomic E-state index is 11.7. The second-order valence-corrected chi connectivity index (χ2v) is 5.77.